The van der Waals surface area contributed by atoms with Crippen molar-refractivity contribution < 1.29 is 4.79 Å². The Morgan fingerprint density at radius 1 is 1.10 bits per heavy atom. The lowest BCUT2D eigenvalue weighted by Gasteiger charge is -2.40. The molecular weight excluding hydrogens is 402 g/mol. The molecule has 0 spiro atoms. The molecule has 2 heterocycles. The summed E-state index contributed by atoms with van der Waals surface area (Å²) < 4.78 is 0. The molecule has 3 aliphatic rings. The van der Waals surface area contributed by atoms with Crippen molar-refractivity contribution in [1.82, 2.24) is 14.8 Å². The van der Waals surface area contributed by atoms with Gasteiger partial charge in [-0.2, -0.15) is 0 Å². The number of hydrogen-bond acceptors (Lipinski definition) is 4. The summed E-state index contributed by atoms with van der Waals surface area (Å²) in [7, 11) is 0. The zero-order chi connectivity index (χ0) is 19.8. The van der Waals surface area contributed by atoms with E-state index in [4.69, 9.17) is 16.6 Å². The van der Waals surface area contributed by atoms with Gasteiger partial charge in [-0.05, 0) is 43.4 Å². The van der Waals surface area contributed by atoms with Gasteiger partial charge in [0.2, 0.25) is 5.91 Å². The third kappa shape index (κ3) is 3.97. The average Bonchev–Trinajstić information content (AvgIpc) is 3.28. The Bertz CT molecular complexity index is 863. The smallest absolute Gasteiger partial charge is 0.233 e. The van der Waals surface area contributed by atoms with E-state index in [1.807, 2.05) is 12.1 Å². The van der Waals surface area contributed by atoms with Crippen LogP contribution in [0, 0.1) is 0 Å². The van der Waals surface area contributed by atoms with Gasteiger partial charge in [-0.3, -0.25) is 9.69 Å². The van der Waals surface area contributed by atoms with Crippen LogP contribution in [0.4, 0.5) is 0 Å². The largest absolute Gasteiger partial charge is 0.339 e. The summed E-state index contributed by atoms with van der Waals surface area (Å²) >= 11 is 7.88. The molecule has 0 radical (unpaired) electrons. The predicted octanol–water partition coefficient (Wildman–Crippen LogP) is 4.83. The highest BCUT2D eigenvalue weighted by atomic mass is 35.5. The lowest BCUT2D eigenvalue weighted by Crippen LogP contribution is -2.53. The van der Waals surface area contributed by atoms with E-state index in [2.05, 4.69) is 27.3 Å². The Balaban J connectivity index is 1.23. The molecule has 4 nitrogen and oxygen atoms in total. The van der Waals surface area contributed by atoms with Gasteiger partial charge >= 0.3 is 0 Å². The van der Waals surface area contributed by atoms with Gasteiger partial charge in [0.05, 0.1) is 17.7 Å². The fourth-order valence-corrected chi connectivity index (χ4v) is 5.98. The summed E-state index contributed by atoms with van der Waals surface area (Å²) in [5.41, 5.74) is 2.09. The van der Waals surface area contributed by atoms with Crippen LogP contribution in [0.2, 0.25) is 5.02 Å². The molecule has 1 aliphatic heterocycles. The highest BCUT2D eigenvalue weighted by molar-refractivity contribution is 7.09. The number of amides is 1. The van der Waals surface area contributed by atoms with Gasteiger partial charge in [0.15, 0.2) is 0 Å². The first kappa shape index (κ1) is 19.5. The second kappa shape index (κ2) is 8.01. The van der Waals surface area contributed by atoms with Gasteiger partial charge in [-0.15, -0.1) is 11.3 Å². The van der Waals surface area contributed by atoms with Crippen LogP contribution in [0.25, 0.3) is 0 Å². The van der Waals surface area contributed by atoms with E-state index in [1.165, 1.54) is 23.5 Å². The maximum Gasteiger partial charge on any atom is 0.233 e. The van der Waals surface area contributed by atoms with Crippen molar-refractivity contribution >= 4 is 28.8 Å². The molecule has 29 heavy (non-hydrogen) atoms. The van der Waals surface area contributed by atoms with Gasteiger partial charge in [0, 0.05) is 42.5 Å². The van der Waals surface area contributed by atoms with Crippen LogP contribution in [0.15, 0.2) is 29.6 Å². The van der Waals surface area contributed by atoms with E-state index in [0.717, 1.165) is 74.9 Å². The molecule has 1 aromatic carbocycles. The van der Waals surface area contributed by atoms with Crippen LogP contribution in [0.1, 0.15) is 60.7 Å². The number of nitrogens with zero attached hydrogens (tertiary/aromatic N) is 3. The standard InChI is InChI=1S/C23H28ClN3OS/c24-19-7-5-18(6-8-19)23(9-1-2-10-23)22(28)27-13-11-26(12-14-27)15-21-25-20(16-29-21)17-3-4-17/h5-8,16-17H,1-4,9-15H2. The lowest BCUT2D eigenvalue weighted by atomic mass is 9.77. The summed E-state index contributed by atoms with van der Waals surface area (Å²) in [6.45, 7) is 4.41. The third-order valence-electron chi connectivity index (χ3n) is 6.85. The molecule has 3 fully saturated rings. The molecule has 2 aromatic rings. The van der Waals surface area contributed by atoms with Gasteiger partial charge in [-0.25, -0.2) is 4.98 Å². The van der Waals surface area contributed by atoms with Crippen molar-refractivity contribution in [1.29, 1.82) is 0 Å². The predicted molar refractivity (Wildman–Crippen MR) is 118 cm³/mol. The maximum atomic E-state index is 13.6. The molecule has 2 saturated carbocycles. The molecule has 5 rings (SSSR count). The van der Waals surface area contributed by atoms with Crippen LogP contribution >= 0.6 is 22.9 Å². The quantitative estimate of drug-likeness (QED) is 0.682. The summed E-state index contributed by atoms with van der Waals surface area (Å²) in [6.07, 6.45) is 6.77. The van der Waals surface area contributed by atoms with E-state index in [0.29, 0.717) is 5.91 Å². The monoisotopic (exact) mass is 429 g/mol. The van der Waals surface area contributed by atoms with Gasteiger partial charge in [0.1, 0.15) is 5.01 Å². The Labute approximate surface area is 181 Å². The number of carbonyl (C=O) groups is 1. The van der Waals surface area contributed by atoms with Crippen molar-refractivity contribution in [2.45, 2.75) is 56.4 Å². The Kier molecular flexibility index (Phi) is 5.39. The van der Waals surface area contributed by atoms with E-state index in [9.17, 15) is 4.79 Å². The van der Waals surface area contributed by atoms with Crippen molar-refractivity contribution in [2.24, 2.45) is 0 Å². The minimum absolute atomic E-state index is 0.322. The van der Waals surface area contributed by atoms with Crippen LogP contribution in [-0.2, 0) is 16.8 Å². The molecule has 0 bridgehead atoms. The molecule has 6 heteroatoms. The normalized spacial score (nSPS) is 22.2. The van der Waals surface area contributed by atoms with Crippen LogP contribution in [0.5, 0.6) is 0 Å². The Hall–Kier alpha value is -1.43. The summed E-state index contributed by atoms with van der Waals surface area (Å²) in [6, 6.07) is 7.96. The SMILES string of the molecule is O=C(N1CCN(Cc2nc(C3CC3)cs2)CC1)C1(c2ccc(Cl)cc2)CCCC1. The van der Waals surface area contributed by atoms with Crippen molar-refractivity contribution in [3.63, 3.8) is 0 Å². The van der Waals surface area contributed by atoms with Crippen LogP contribution in [-0.4, -0.2) is 46.9 Å². The number of halogens is 1. The highest BCUT2D eigenvalue weighted by Crippen LogP contribution is 2.43. The Morgan fingerprint density at radius 2 is 1.79 bits per heavy atom. The van der Waals surface area contributed by atoms with Crippen molar-refractivity contribution in [3.05, 3.63) is 50.9 Å². The number of aromatic nitrogens is 1. The van der Waals surface area contributed by atoms with Gasteiger partial charge < -0.3 is 4.90 Å². The summed E-state index contributed by atoms with van der Waals surface area (Å²) in [5, 5.41) is 4.19. The van der Waals surface area contributed by atoms with E-state index >= 15 is 0 Å². The molecule has 0 N–H and O–H groups in total. The topological polar surface area (TPSA) is 36.4 Å². The minimum atomic E-state index is -0.346. The average molecular weight is 430 g/mol. The first-order valence-corrected chi connectivity index (χ1v) is 12.1. The lowest BCUT2D eigenvalue weighted by molar-refractivity contribution is -0.139. The van der Waals surface area contributed by atoms with E-state index < -0.39 is 0 Å². The second-order valence-corrected chi connectivity index (χ2v) is 10.2. The molecule has 0 unspecified atom stereocenters. The van der Waals surface area contributed by atoms with E-state index in [-0.39, 0.29) is 5.41 Å². The van der Waals surface area contributed by atoms with Crippen LogP contribution < -0.4 is 0 Å². The number of hydrogen-bond donors (Lipinski definition) is 0. The minimum Gasteiger partial charge on any atom is -0.339 e. The summed E-state index contributed by atoms with van der Waals surface area (Å²) in [5.74, 6) is 1.05. The molecule has 154 valence electrons. The number of thiazole rings is 1. The molecular formula is C23H28ClN3OS. The number of benzene rings is 1. The number of rotatable bonds is 5. The number of carbonyl (C=O) groups excluding carboxylic acids is 1. The molecule has 1 saturated heterocycles. The second-order valence-electron chi connectivity index (χ2n) is 8.80. The molecule has 2 aliphatic carbocycles. The summed E-state index contributed by atoms with van der Waals surface area (Å²) in [4.78, 5) is 23.0. The highest BCUT2D eigenvalue weighted by Gasteiger charge is 2.45. The maximum absolute atomic E-state index is 13.6. The molecule has 1 aromatic heterocycles. The van der Waals surface area contributed by atoms with Crippen molar-refractivity contribution in [3.8, 4) is 0 Å². The zero-order valence-electron chi connectivity index (χ0n) is 16.8. The fraction of sp³-hybridized carbons (Fsp3) is 0.565. The van der Waals surface area contributed by atoms with Crippen LogP contribution in [0.3, 0.4) is 0 Å². The Morgan fingerprint density at radius 3 is 2.45 bits per heavy atom. The third-order valence-corrected chi connectivity index (χ3v) is 7.95. The zero-order valence-corrected chi connectivity index (χ0v) is 18.4. The first-order valence-electron chi connectivity index (χ1n) is 10.9. The van der Waals surface area contributed by atoms with Gasteiger partial charge in [0.25, 0.3) is 0 Å². The van der Waals surface area contributed by atoms with Gasteiger partial charge in [-0.1, -0.05) is 36.6 Å². The van der Waals surface area contributed by atoms with Crippen molar-refractivity contribution in [2.75, 3.05) is 26.2 Å². The fourth-order valence-electron chi connectivity index (χ4n) is 4.94. The molecule has 0 atom stereocenters. The van der Waals surface area contributed by atoms with E-state index in [1.54, 1.807) is 11.3 Å². The number of piperazine rings is 1. The molecule has 1 amide bonds. The first-order chi connectivity index (χ1) is 14.1.